The molecule has 2 aromatic rings. The number of aromatic nitrogens is 1. The molecule has 2 heterocycles. The molecule has 3 N–H and O–H groups in total. The van der Waals surface area contributed by atoms with Gasteiger partial charge in [-0.25, -0.2) is 13.4 Å². The number of nitrogens with zero attached hydrogens (tertiary/aromatic N) is 1. The van der Waals surface area contributed by atoms with E-state index in [4.69, 9.17) is 9.83 Å². The highest BCUT2D eigenvalue weighted by molar-refractivity contribution is 7.93. The molecule has 1 aliphatic heterocycles. The summed E-state index contributed by atoms with van der Waals surface area (Å²) in [6, 6.07) is 5.53. The number of carbonyl (C=O) groups is 1. The standard InChI is InChI=1S/C20H24N4O4S/c1-12-22-16(10-28-12)17(25)23-14-7-6-13-5-4-8-20(15(13)9-14)11-29(26,27)19(2,3)18(21)24-20/h6-7,9-10H,4-5,8,11H2,1-3H3,(H2,21,24)(H,23,25)/t20-/m0/s1. The molecule has 8 nitrogen and oxygen atoms in total. The lowest BCUT2D eigenvalue weighted by atomic mass is 9.76. The number of fused-ring (bicyclic) bond motifs is 2. The Balaban J connectivity index is 1.71. The van der Waals surface area contributed by atoms with Gasteiger partial charge >= 0.3 is 0 Å². The van der Waals surface area contributed by atoms with Gasteiger partial charge in [-0.2, -0.15) is 0 Å². The summed E-state index contributed by atoms with van der Waals surface area (Å²) < 4.78 is 29.8. The van der Waals surface area contributed by atoms with Crippen LogP contribution in [0.3, 0.4) is 0 Å². The van der Waals surface area contributed by atoms with E-state index in [1.165, 1.54) is 6.26 Å². The zero-order valence-corrected chi connectivity index (χ0v) is 17.4. The number of aryl methyl sites for hydroxylation is 2. The number of anilines is 1. The van der Waals surface area contributed by atoms with Crippen LogP contribution < -0.4 is 10.6 Å². The van der Waals surface area contributed by atoms with Gasteiger partial charge < -0.3 is 15.1 Å². The summed E-state index contributed by atoms with van der Waals surface area (Å²) in [5.41, 5.74) is 1.72. The van der Waals surface area contributed by atoms with Gasteiger partial charge in [0.15, 0.2) is 21.4 Å². The van der Waals surface area contributed by atoms with Crippen LogP contribution in [0.2, 0.25) is 0 Å². The summed E-state index contributed by atoms with van der Waals surface area (Å²) in [6.07, 6.45) is 3.56. The molecule has 1 amide bonds. The van der Waals surface area contributed by atoms with Crippen LogP contribution in [-0.4, -0.2) is 35.6 Å². The highest BCUT2D eigenvalue weighted by Gasteiger charge is 2.53. The SMILES string of the molecule is Cc1nc(C(=O)Nc2ccc3c(c2)[C@]2(CCC3)CS(=O)(=O)C(C)(C)C(=N)N2)co1. The van der Waals surface area contributed by atoms with Crippen LogP contribution in [0.4, 0.5) is 5.69 Å². The molecule has 2 aliphatic rings. The van der Waals surface area contributed by atoms with Crippen molar-refractivity contribution in [2.24, 2.45) is 0 Å². The van der Waals surface area contributed by atoms with E-state index < -0.39 is 26.0 Å². The Bertz CT molecular complexity index is 1120. The highest BCUT2D eigenvalue weighted by Crippen LogP contribution is 2.42. The van der Waals surface area contributed by atoms with Crippen molar-refractivity contribution in [2.45, 2.75) is 50.3 Å². The van der Waals surface area contributed by atoms with Gasteiger partial charge in [-0.3, -0.25) is 10.2 Å². The van der Waals surface area contributed by atoms with Crippen molar-refractivity contribution in [1.82, 2.24) is 10.3 Å². The molecule has 1 aliphatic carbocycles. The van der Waals surface area contributed by atoms with E-state index in [0.29, 0.717) is 18.0 Å². The van der Waals surface area contributed by atoms with E-state index in [2.05, 4.69) is 15.6 Å². The number of amides is 1. The monoisotopic (exact) mass is 416 g/mol. The van der Waals surface area contributed by atoms with Crippen molar-refractivity contribution in [3.05, 3.63) is 47.2 Å². The van der Waals surface area contributed by atoms with Gasteiger partial charge in [-0.1, -0.05) is 6.07 Å². The summed E-state index contributed by atoms with van der Waals surface area (Å²) in [5, 5.41) is 14.4. The van der Waals surface area contributed by atoms with Crippen LogP contribution in [0.25, 0.3) is 0 Å². The van der Waals surface area contributed by atoms with E-state index in [9.17, 15) is 13.2 Å². The molecule has 29 heavy (non-hydrogen) atoms. The molecular formula is C20H24N4O4S. The van der Waals surface area contributed by atoms with Crippen LogP contribution in [0.5, 0.6) is 0 Å². The fourth-order valence-electron chi connectivity index (χ4n) is 4.06. The minimum absolute atomic E-state index is 0.00381. The molecular weight excluding hydrogens is 392 g/mol. The molecule has 1 fully saturated rings. The Morgan fingerprint density at radius 3 is 2.76 bits per heavy atom. The zero-order valence-electron chi connectivity index (χ0n) is 16.6. The predicted molar refractivity (Wildman–Crippen MR) is 109 cm³/mol. The fourth-order valence-corrected chi connectivity index (χ4v) is 5.81. The maximum Gasteiger partial charge on any atom is 0.277 e. The smallest absolute Gasteiger partial charge is 0.277 e. The number of hydrogen-bond acceptors (Lipinski definition) is 6. The molecule has 9 heteroatoms. The lowest BCUT2D eigenvalue weighted by Gasteiger charge is -2.47. The van der Waals surface area contributed by atoms with Crippen LogP contribution in [0, 0.1) is 12.3 Å². The normalized spacial score (nSPS) is 24.6. The summed E-state index contributed by atoms with van der Waals surface area (Å²) >= 11 is 0. The molecule has 154 valence electrons. The van der Waals surface area contributed by atoms with E-state index in [1.807, 2.05) is 12.1 Å². The van der Waals surface area contributed by atoms with Crippen molar-refractivity contribution in [3.63, 3.8) is 0 Å². The number of oxazole rings is 1. The fraction of sp³-hybridized carbons (Fsp3) is 0.450. The Morgan fingerprint density at radius 2 is 2.10 bits per heavy atom. The first-order valence-corrected chi connectivity index (χ1v) is 11.2. The maximum absolute atomic E-state index is 13.0. The number of rotatable bonds is 2. The van der Waals surface area contributed by atoms with Gasteiger partial charge in [0.05, 0.1) is 11.3 Å². The molecule has 4 rings (SSSR count). The number of sulfone groups is 1. The molecule has 1 spiro atoms. The average Bonchev–Trinajstić information content (AvgIpc) is 3.07. The minimum Gasteiger partial charge on any atom is -0.448 e. The van der Waals surface area contributed by atoms with Gasteiger partial charge in [0.25, 0.3) is 5.91 Å². The summed E-state index contributed by atoms with van der Waals surface area (Å²) in [7, 11) is -3.53. The van der Waals surface area contributed by atoms with Crippen LogP contribution >= 0.6 is 0 Å². The van der Waals surface area contributed by atoms with Gasteiger partial charge in [0, 0.05) is 12.6 Å². The molecule has 1 aromatic carbocycles. The summed E-state index contributed by atoms with van der Waals surface area (Å²) in [4.78, 5) is 16.4. The summed E-state index contributed by atoms with van der Waals surface area (Å²) in [5.74, 6) is -0.0754. The van der Waals surface area contributed by atoms with Crippen molar-refractivity contribution in [2.75, 3.05) is 11.1 Å². The Morgan fingerprint density at radius 1 is 1.34 bits per heavy atom. The topological polar surface area (TPSA) is 125 Å². The van der Waals surface area contributed by atoms with Crippen molar-refractivity contribution < 1.29 is 17.6 Å². The number of carbonyl (C=O) groups excluding carboxylic acids is 1. The first kappa shape index (κ1) is 19.6. The third-order valence-corrected chi connectivity index (χ3v) is 8.60. The van der Waals surface area contributed by atoms with E-state index in [-0.39, 0.29) is 17.3 Å². The van der Waals surface area contributed by atoms with Gasteiger partial charge in [0.1, 0.15) is 16.8 Å². The van der Waals surface area contributed by atoms with Crippen molar-refractivity contribution in [1.29, 1.82) is 5.41 Å². The molecule has 0 bridgehead atoms. The van der Waals surface area contributed by atoms with Crippen LogP contribution in [0.1, 0.15) is 54.2 Å². The Labute approximate surface area is 169 Å². The largest absolute Gasteiger partial charge is 0.448 e. The second-order valence-corrected chi connectivity index (χ2v) is 10.8. The molecule has 0 radical (unpaired) electrons. The third-order valence-electron chi connectivity index (χ3n) is 5.96. The summed E-state index contributed by atoms with van der Waals surface area (Å²) in [6.45, 7) is 4.78. The molecule has 1 saturated heterocycles. The van der Waals surface area contributed by atoms with Crippen molar-refractivity contribution >= 4 is 27.3 Å². The number of amidine groups is 1. The number of hydrogen-bond donors (Lipinski definition) is 3. The van der Waals surface area contributed by atoms with Gasteiger partial charge in [-0.05, 0) is 56.4 Å². The first-order valence-electron chi connectivity index (χ1n) is 9.50. The van der Waals surface area contributed by atoms with Crippen LogP contribution in [-0.2, 0) is 21.8 Å². The molecule has 0 unspecified atom stereocenters. The zero-order chi connectivity index (χ0) is 21.0. The second kappa shape index (κ2) is 6.41. The van der Waals surface area contributed by atoms with E-state index in [1.54, 1.807) is 26.8 Å². The van der Waals surface area contributed by atoms with Crippen LogP contribution in [0.15, 0.2) is 28.9 Å². The Kier molecular flexibility index (Phi) is 4.34. The van der Waals surface area contributed by atoms with Gasteiger partial charge in [-0.15, -0.1) is 0 Å². The van der Waals surface area contributed by atoms with E-state index in [0.717, 1.165) is 24.0 Å². The average molecular weight is 417 g/mol. The minimum atomic E-state index is -3.53. The third kappa shape index (κ3) is 3.13. The Hall–Kier alpha value is -2.68. The van der Waals surface area contributed by atoms with Gasteiger partial charge in [0.2, 0.25) is 0 Å². The predicted octanol–water partition coefficient (Wildman–Crippen LogP) is 2.54. The quantitative estimate of drug-likeness (QED) is 0.691. The molecule has 1 atom stereocenters. The number of nitrogens with one attached hydrogen (secondary N) is 3. The second-order valence-electron chi connectivity index (χ2n) is 8.28. The lowest BCUT2D eigenvalue weighted by molar-refractivity contribution is 0.102. The highest BCUT2D eigenvalue weighted by atomic mass is 32.2. The van der Waals surface area contributed by atoms with E-state index >= 15 is 0 Å². The molecule has 0 saturated carbocycles. The molecule has 1 aromatic heterocycles. The lowest BCUT2D eigenvalue weighted by Crippen LogP contribution is -2.65. The first-order chi connectivity index (χ1) is 13.5. The number of benzene rings is 1. The van der Waals surface area contributed by atoms with Crippen molar-refractivity contribution in [3.8, 4) is 0 Å². The maximum atomic E-state index is 13.0.